The van der Waals surface area contributed by atoms with Crippen LogP contribution >= 0.6 is 0 Å². The minimum absolute atomic E-state index is 0.0628. The molecule has 1 aromatic carbocycles. The molecule has 18 heavy (non-hydrogen) atoms. The molecule has 0 spiro atoms. The number of carboxylic acid groups (broad SMARTS) is 2. The predicted octanol–water partition coefficient (Wildman–Crippen LogP) is 1.57. The highest BCUT2D eigenvalue weighted by Crippen LogP contribution is 2.06. The van der Waals surface area contributed by atoms with Crippen LogP contribution in [0.2, 0.25) is 0 Å². The van der Waals surface area contributed by atoms with E-state index in [4.69, 9.17) is 21.7 Å². The number of anilines is 2. The molecule has 0 unspecified atom stereocenters. The zero-order chi connectivity index (χ0) is 14.0. The number of hydrogen-bond donors (Lipinski definition) is 4. The molecule has 6 N–H and O–H groups in total. The van der Waals surface area contributed by atoms with Crippen LogP contribution in [0.5, 0.6) is 0 Å². The third kappa shape index (κ3) is 10.3. The summed E-state index contributed by atoms with van der Waals surface area (Å²) in [5.41, 5.74) is 12.2. The quantitative estimate of drug-likeness (QED) is 0.466. The van der Waals surface area contributed by atoms with E-state index in [-0.39, 0.29) is 12.8 Å². The molecule has 100 valence electrons. The second kappa shape index (κ2) is 8.86. The summed E-state index contributed by atoms with van der Waals surface area (Å²) in [7, 11) is 0. The van der Waals surface area contributed by atoms with Gasteiger partial charge in [-0.05, 0) is 31.0 Å². The highest BCUT2D eigenvalue weighted by atomic mass is 16.4. The van der Waals surface area contributed by atoms with Gasteiger partial charge in [-0.2, -0.15) is 0 Å². The topological polar surface area (TPSA) is 127 Å². The minimum atomic E-state index is -0.870. The van der Waals surface area contributed by atoms with Crippen molar-refractivity contribution in [3.05, 3.63) is 24.3 Å². The van der Waals surface area contributed by atoms with Gasteiger partial charge >= 0.3 is 11.9 Å². The van der Waals surface area contributed by atoms with Crippen LogP contribution in [0.1, 0.15) is 25.7 Å². The fourth-order valence-corrected chi connectivity index (χ4v) is 1.11. The average molecular weight is 254 g/mol. The summed E-state index contributed by atoms with van der Waals surface area (Å²) in [6.45, 7) is 0. The molecule has 0 saturated carbocycles. The van der Waals surface area contributed by atoms with E-state index < -0.39 is 11.9 Å². The molecule has 0 bridgehead atoms. The van der Waals surface area contributed by atoms with E-state index in [1.54, 1.807) is 18.2 Å². The average Bonchev–Trinajstić information content (AvgIpc) is 2.24. The van der Waals surface area contributed by atoms with E-state index in [1.807, 2.05) is 6.07 Å². The number of rotatable bonds is 5. The number of carboxylic acids is 2. The van der Waals surface area contributed by atoms with E-state index in [2.05, 4.69) is 0 Å². The summed E-state index contributed by atoms with van der Waals surface area (Å²) in [6, 6.07) is 7.15. The first-order valence-corrected chi connectivity index (χ1v) is 5.46. The molecular weight excluding hydrogens is 236 g/mol. The Balaban J connectivity index is 0.000000327. The van der Waals surface area contributed by atoms with Crippen LogP contribution in [-0.4, -0.2) is 22.2 Å². The van der Waals surface area contributed by atoms with Crippen molar-refractivity contribution >= 4 is 23.3 Å². The molecular formula is C12H18N2O4. The van der Waals surface area contributed by atoms with Gasteiger partial charge in [0.05, 0.1) is 0 Å². The van der Waals surface area contributed by atoms with Gasteiger partial charge < -0.3 is 21.7 Å². The molecule has 0 aromatic heterocycles. The van der Waals surface area contributed by atoms with Crippen molar-refractivity contribution in [1.29, 1.82) is 0 Å². The first kappa shape index (κ1) is 15.8. The second-order valence-electron chi connectivity index (χ2n) is 3.66. The van der Waals surface area contributed by atoms with Gasteiger partial charge in [0, 0.05) is 24.2 Å². The van der Waals surface area contributed by atoms with E-state index in [9.17, 15) is 9.59 Å². The van der Waals surface area contributed by atoms with Gasteiger partial charge in [-0.25, -0.2) is 0 Å². The van der Waals surface area contributed by atoms with Crippen LogP contribution in [0, 0.1) is 0 Å². The Labute approximate surface area is 105 Å². The molecule has 0 aliphatic carbocycles. The molecule has 6 heteroatoms. The Morgan fingerprint density at radius 3 is 1.56 bits per heavy atom. The number of benzene rings is 1. The monoisotopic (exact) mass is 254 g/mol. The van der Waals surface area contributed by atoms with Crippen LogP contribution in [-0.2, 0) is 9.59 Å². The summed E-state index contributed by atoms with van der Waals surface area (Å²) in [6.07, 6.45) is 1.02. The Bertz CT molecular complexity index is 360. The highest BCUT2D eigenvalue weighted by Gasteiger charge is 1.99. The molecule has 6 nitrogen and oxygen atoms in total. The third-order valence-electron chi connectivity index (χ3n) is 1.94. The van der Waals surface area contributed by atoms with Crippen molar-refractivity contribution in [3.63, 3.8) is 0 Å². The van der Waals surface area contributed by atoms with Gasteiger partial charge in [0.25, 0.3) is 0 Å². The first-order valence-electron chi connectivity index (χ1n) is 5.46. The van der Waals surface area contributed by atoms with Gasteiger partial charge in [0.2, 0.25) is 0 Å². The zero-order valence-electron chi connectivity index (χ0n) is 10.0. The largest absolute Gasteiger partial charge is 0.481 e. The van der Waals surface area contributed by atoms with Crippen LogP contribution in [0.15, 0.2) is 24.3 Å². The molecule has 0 amide bonds. The number of hydrogen-bond acceptors (Lipinski definition) is 4. The van der Waals surface area contributed by atoms with Crippen LogP contribution in [0.25, 0.3) is 0 Å². The zero-order valence-corrected chi connectivity index (χ0v) is 10.0. The van der Waals surface area contributed by atoms with Gasteiger partial charge in [-0.1, -0.05) is 6.07 Å². The lowest BCUT2D eigenvalue weighted by Gasteiger charge is -1.92. The lowest BCUT2D eigenvalue weighted by atomic mass is 10.2. The van der Waals surface area contributed by atoms with E-state index in [0.29, 0.717) is 24.2 Å². The van der Waals surface area contributed by atoms with E-state index in [0.717, 1.165) is 0 Å². The Morgan fingerprint density at radius 2 is 1.33 bits per heavy atom. The van der Waals surface area contributed by atoms with Crippen LogP contribution < -0.4 is 11.5 Å². The molecule has 0 radical (unpaired) electrons. The fourth-order valence-electron chi connectivity index (χ4n) is 1.11. The molecule has 0 saturated heterocycles. The number of unbranched alkanes of at least 4 members (excludes halogenated alkanes) is 1. The fraction of sp³-hybridized carbons (Fsp3) is 0.333. The Kier molecular flexibility index (Phi) is 7.76. The van der Waals surface area contributed by atoms with Crippen LogP contribution in [0.3, 0.4) is 0 Å². The summed E-state index contributed by atoms with van der Waals surface area (Å²) >= 11 is 0. The van der Waals surface area contributed by atoms with Crippen molar-refractivity contribution in [3.8, 4) is 0 Å². The maximum Gasteiger partial charge on any atom is 0.303 e. The molecule has 0 aliphatic rings. The van der Waals surface area contributed by atoms with Gasteiger partial charge in [-0.15, -0.1) is 0 Å². The minimum Gasteiger partial charge on any atom is -0.481 e. The second-order valence-corrected chi connectivity index (χ2v) is 3.66. The predicted molar refractivity (Wildman–Crippen MR) is 69.0 cm³/mol. The van der Waals surface area contributed by atoms with Gasteiger partial charge in [-0.3, -0.25) is 9.59 Å². The van der Waals surface area contributed by atoms with E-state index >= 15 is 0 Å². The normalized spacial score (nSPS) is 9.11. The molecule has 1 aromatic rings. The summed E-state index contributed by atoms with van der Waals surface area (Å²) in [4.78, 5) is 19.8. The number of nitrogens with two attached hydrogens (primary N) is 2. The molecule has 0 aliphatic heterocycles. The molecule has 0 atom stereocenters. The van der Waals surface area contributed by atoms with Crippen molar-refractivity contribution in [2.45, 2.75) is 25.7 Å². The first-order chi connectivity index (χ1) is 8.41. The van der Waals surface area contributed by atoms with Gasteiger partial charge in [0.15, 0.2) is 0 Å². The maximum absolute atomic E-state index is 9.90. The SMILES string of the molecule is Nc1cccc(N)c1.O=C(O)CCCCC(=O)O. The number of carbonyl (C=O) groups is 2. The Hall–Kier alpha value is -2.24. The lowest BCUT2D eigenvalue weighted by molar-refractivity contribution is -0.139. The smallest absolute Gasteiger partial charge is 0.303 e. The Morgan fingerprint density at radius 1 is 0.944 bits per heavy atom. The van der Waals surface area contributed by atoms with Crippen LogP contribution in [0.4, 0.5) is 11.4 Å². The maximum atomic E-state index is 9.90. The molecule has 0 fully saturated rings. The summed E-state index contributed by atoms with van der Waals surface area (Å²) in [5.74, 6) is -1.74. The lowest BCUT2D eigenvalue weighted by Crippen LogP contribution is -1.97. The van der Waals surface area contributed by atoms with Gasteiger partial charge in [0.1, 0.15) is 0 Å². The highest BCUT2D eigenvalue weighted by molar-refractivity contribution is 5.67. The van der Waals surface area contributed by atoms with Crippen molar-refractivity contribution in [2.24, 2.45) is 0 Å². The number of nitrogen functional groups attached to an aromatic ring is 2. The summed E-state index contributed by atoms with van der Waals surface area (Å²) < 4.78 is 0. The van der Waals surface area contributed by atoms with Crippen molar-refractivity contribution < 1.29 is 19.8 Å². The molecule has 1 rings (SSSR count). The van der Waals surface area contributed by atoms with Crippen molar-refractivity contribution in [2.75, 3.05) is 11.5 Å². The summed E-state index contributed by atoms with van der Waals surface area (Å²) in [5, 5.41) is 16.3. The third-order valence-corrected chi connectivity index (χ3v) is 1.94. The number of aliphatic carboxylic acids is 2. The standard InChI is InChI=1S/C6H8N2.C6H10O4/c7-5-2-1-3-6(8)4-5;7-5(8)3-1-2-4-6(9)10/h1-4H,7-8H2;1-4H2,(H,7,8)(H,9,10). The molecule has 0 heterocycles. The van der Waals surface area contributed by atoms with E-state index in [1.165, 1.54) is 0 Å². The van der Waals surface area contributed by atoms with Crippen molar-refractivity contribution in [1.82, 2.24) is 0 Å².